The van der Waals surface area contributed by atoms with Crippen LogP contribution in [-0.2, 0) is 7.05 Å². The Balaban J connectivity index is 1.63. The van der Waals surface area contributed by atoms with Crippen LogP contribution in [0.1, 0.15) is 34.2 Å². The predicted molar refractivity (Wildman–Crippen MR) is 89.6 cm³/mol. The van der Waals surface area contributed by atoms with Crippen molar-refractivity contribution in [3.8, 4) is 0 Å². The van der Waals surface area contributed by atoms with Crippen LogP contribution < -0.4 is 5.56 Å². The fourth-order valence-electron chi connectivity index (χ4n) is 3.01. The van der Waals surface area contributed by atoms with Crippen LogP contribution in [0.15, 0.2) is 40.6 Å². The van der Waals surface area contributed by atoms with Crippen molar-refractivity contribution in [1.82, 2.24) is 9.47 Å². The molecule has 0 spiro atoms. The number of nitrogens with zero attached hydrogens (tertiary/aromatic N) is 2. The first-order chi connectivity index (χ1) is 11.1. The maximum atomic E-state index is 12.5. The number of aliphatic hydroxyl groups is 1. The summed E-state index contributed by atoms with van der Waals surface area (Å²) in [5.74, 6) is 0.141. The molecule has 3 heterocycles. The third kappa shape index (κ3) is 3.38. The molecule has 1 aliphatic heterocycles. The predicted octanol–water partition coefficient (Wildman–Crippen LogP) is 2.03. The summed E-state index contributed by atoms with van der Waals surface area (Å²) < 4.78 is 1.42. The van der Waals surface area contributed by atoms with E-state index in [1.54, 1.807) is 35.5 Å². The molecule has 1 fully saturated rings. The van der Waals surface area contributed by atoms with Crippen molar-refractivity contribution >= 4 is 17.2 Å². The molecular formula is C17H20N2O3S. The second-order valence-corrected chi connectivity index (χ2v) is 6.94. The van der Waals surface area contributed by atoms with Crippen molar-refractivity contribution in [2.75, 3.05) is 13.1 Å². The first-order valence-electron chi connectivity index (χ1n) is 7.73. The Morgan fingerprint density at radius 3 is 2.65 bits per heavy atom. The van der Waals surface area contributed by atoms with Gasteiger partial charge in [0.25, 0.3) is 5.91 Å². The molecule has 0 aromatic carbocycles. The van der Waals surface area contributed by atoms with Crippen molar-refractivity contribution < 1.29 is 9.90 Å². The first-order valence-corrected chi connectivity index (χ1v) is 8.61. The van der Waals surface area contributed by atoms with Crippen LogP contribution in [-0.4, -0.2) is 33.6 Å². The van der Waals surface area contributed by atoms with Crippen LogP contribution >= 0.6 is 11.3 Å². The summed E-state index contributed by atoms with van der Waals surface area (Å²) in [5, 5.41) is 12.4. The number of thiophene rings is 1. The lowest BCUT2D eigenvalue weighted by Gasteiger charge is -2.34. The maximum absolute atomic E-state index is 12.5. The highest BCUT2D eigenvalue weighted by atomic mass is 32.1. The number of rotatable bonds is 3. The molecule has 1 aliphatic rings. The molecule has 0 aliphatic carbocycles. The smallest absolute Gasteiger partial charge is 0.255 e. The Morgan fingerprint density at radius 1 is 1.30 bits per heavy atom. The van der Waals surface area contributed by atoms with Crippen LogP contribution in [0.5, 0.6) is 0 Å². The summed E-state index contributed by atoms with van der Waals surface area (Å²) in [6, 6.07) is 6.90. The van der Waals surface area contributed by atoms with E-state index in [1.165, 1.54) is 10.6 Å². The highest BCUT2D eigenvalue weighted by Crippen LogP contribution is 2.33. The molecule has 1 amide bonds. The fourth-order valence-corrected chi connectivity index (χ4v) is 3.82. The highest BCUT2D eigenvalue weighted by molar-refractivity contribution is 7.10. The largest absolute Gasteiger partial charge is 0.387 e. The van der Waals surface area contributed by atoms with E-state index >= 15 is 0 Å². The van der Waals surface area contributed by atoms with Crippen LogP contribution in [0.3, 0.4) is 0 Å². The third-order valence-electron chi connectivity index (χ3n) is 4.44. The van der Waals surface area contributed by atoms with E-state index in [0.717, 1.165) is 17.7 Å². The van der Waals surface area contributed by atoms with Crippen molar-refractivity contribution in [2.24, 2.45) is 13.0 Å². The van der Waals surface area contributed by atoms with E-state index in [4.69, 9.17) is 0 Å². The number of aromatic nitrogens is 1. The molecular weight excluding hydrogens is 312 g/mol. The van der Waals surface area contributed by atoms with Crippen LogP contribution in [0.2, 0.25) is 0 Å². The van der Waals surface area contributed by atoms with Gasteiger partial charge in [-0.25, -0.2) is 0 Å². The molecule has 1 atom stereocenters. The number of likely N-dealkylation sites (tertiary alicyclic amines) is 1. The highest BCUT2D eigenvalue weighted by Gasteiger charge is 2.29. The zero-order valence-corrected chi connectivity index (χ0v) is 13.8. The molecule has 2 aromatic heterocycles. The maximum Gasteiger partial charge on any atom is 0.255 e. The summed E-state index contributed by atoms with van der Waals surface area (Å²) >= 11 is 1.57. The quantitative estimate of drug-likeness (QED) is 0.935. The van der Waals surface area contributed by atoms with E-state index in [9.17, 15) is 14.7 Å². The minimum absolute atomic E-state index is 0.0512. The van der Waals surface area contributed by atoms with E-state index in [-0.39, 0.29) is 17.4 Å². The lowest BCUT2D eigenvalue weighted by Crippen LogP contribution is -2.40. The molecule has 23 heavy (non-hydrogen) atoms. The van der Waals surface area contributed by atoms with E-state index in [2.05, 4.69) is 0 Å². The van der Waals surface area contributed by atoms with Crippen molar-refractivity contribution in [2.45, 2.75) is 18.9 Å². The van der Waals surface area contributed by atoms with Gasteiger partial charge in [0.15, 0.2) is 0 Å². The minimum Gasteiger partial charge on any atom is -0.387 e. The minimum atomic E-state index is -0.440. The number of hydrogen-bond donors (Lipinski definition) is 1. The van der Waals surface area contributed by atoms with E-state index < -0.39 is 6.10 Å². The fraction of sp³-hybridized carbons (Fsp3) is 0.412. The molecule has 3 rings (SSSR count). The molecule has 122 valence electrons. The van der Waals surface area contributed by atoms with Gasteiger partial charge >= 0.3 is 0 Å². The summed E-state index contributed by atoms with van der Waals surface area (Å²) in [4.78, 5) is 26.7. The summed E-state index contributed by atoms with van der Waals surface area (Å²) in [7, 11) is 1.64. The van der Waals surface area contributed by atoms with Gasteiger partial charge in [0, 0.05) is 37.3 Å². The topological polar surface area (TPSA) is 62.5 Å². The van der Waals surface area contributed by atoms with Gasteiger partial charge in [0.1, 0.15) is 0 Å². The van der Waals surface area contributed by atoms with E-state index in [1.807, 2.05) is 17.5 Å². The van der Waals surface area contributed by atoms with Gasteiger partial charge in [-0.2, -0.15) is 0 Å². The van der Waals surface area contributed by atoms with Gasteiger partial charge in [-0.05, 0) is 36.3 Å². The first kappa shape index (κ1) is 16.0. The summed E-state index contributed by atoms with van der Waals surface area (Å²) in [5.41, 5.74) is 0.406. The molecule has 0 bridgehead atoms. The number of aryl methyl sites for hydroxylation is 1. The van der Waals surface area contributed by atoms with Gasteiger partial charge in [-0.15, -0.1) is 11.3 Å². The Labute approximate surface area is 138 Å². The molecule has 5 nitrogen and oxygen atoms in total. The number of hydrogen-bond acceptors (Lipinski definition) is 4. The van der Waals surface area contributed by atoms with Gasteiger partial charge in [0.05, 0.1) is 11.7 Å². The zero-order valence-electron chi connectivity index (χ0n) is 13.0. The van der Waals surface area contributed by atoms with Crippen molar-refractivity contribution in [1.29, 1.82) is 0 Å². The lowest BCUT2D eigenvalue weighted by molar-refractivity contribution is 0.0473. The number of aliphatic hydroxyl groups excluding tert-OH is 1. The second-order valence-electron chi connectivity index (χ2n) is 5.96. The van der Waals surface area contributed by atoms with Crippen LogP contribution in [0.25, 0.3) is 0 Å². The van der Waals surface area contributed by atoms with Crippen LogP contribution in [0.4, 0.5) is 0 Å². The Bertz CT molecular complexity index is 731. The number of carbonyl (C=O) groups is 1. The number of piperidine rings is 1. The lowest BCUT2D eigenvalue weighted by atomic mass is 9.90. The van der Waals surface area contributed by atoms with Gasteiger partial charge in [-0.1, -0.05) is 6.07 Å². The Kier molecular flexibility index (Phi) is 4.63. The standard InChI is InChI=1S/C17H20N2O3S/c1-18-11-13(4-5-15(18)20)17(22)19-8-6-12(7-9-19)16(21)14-3-2-10-23-14/h2-5,10-12,16,21H,6-9H2,1H3. The molecule has 1 unspecified atom stereocenters. The second kappa shape index (κ2) is 6.68. The van der Waals surface area contributed by atoms with Gasteiger partial charge in [0.2, 0.25) is 5.56 Å². The average Bonchev–Trinajstić information content (AvgIpc) is 3.11. The summed E-state index contributed by atoms with van der Waals surface area (Å²) in [6.07, 6.45) is 2.72. The zero-order chi connectivity index (χ0) is 16.4. The van der Waals surface area contributed by atoms with Crippen LogP contribution in [0, 0.1) is 5.92 Å². The molecule has 0 saturated carbocycles. The molecule has 1 N–H and O–H groups in total. The Morgan fingerprint density at radius 2 is 2.04 bits per heavy atom. The van der Waals surface area contributed by atoms with Crippen molar-refractivity contribution in [3.63, 3.8) is 0 Å². The molecule has 6 heteroatoms. The van der Waals surface area contributed by atoms with Gasteiger partial charge in [-0.3, -0.25) is 9.59 Å². The average molecular weight is 332 g/mol. The number of amides is 1. The molecule has 1 saturated heterocycles. The summed E-state index contributed by atoms with van der Waals surface area (Å²) in [6.45, 7) is 1.27. The normalized spacial score (nSPS) is 17.2. The van der Waals surface area contributed by atoms with E-state index in [0.29, 0.717) is 18.7 Å². The Hall–Kier alpha value is -1.92. The molecule has 2 aromatic rings. The third-order valence-corrected chi connectivity index (χ3v) is 5.38. The van der Waals surface area contributed by atoms with Gasteiger partial charge < -0.3 is 14.6 Å². The number of carbonyl (C=O) groups excluding carboxylic acids is 1. The molecule has 0 radical (unpaired) electrons. The van der Waals surface area contributed by atoms with Crippen molar-refractivity contribution in [3.05, 3.63) is 56.6 Å². The monoisotopic (exact) mass is 332 g/mol. The number of pyridine rings is 1. The SMILES string of the molecule is Cn1cc(C(=O)N2CCC(C(O)c3cccs3)CC2)ccc1=O.